The second-order valence-corrected chi connectivity index (χ2v) is 4.51. The van der Waals surface area contributed by atoms with Gasteiger partial charge in [-0.15, -0.1) is 0 Å². The van der Waals surface area contributed by atoms with Gasteiger partial charge in [0.05, 0.1) is 5.92 Å². The van der Waals surface area contributed by atoms with Crippen molar-refractivity contribution < 1.29 is 19.1 Å². The van der Waals surface area contributed by atoms with Crippen molar-refractivity contribution >= 4 is 11.9 Å². The van der Waals surface area contributed by atoms with Crippen molar-refractivity contribution in [3.8, 4) is 0 Å². The van der Waals surface area contributed by atoms with E-state index in [4.69, 9.17) is 9.47 Å². The SMILES string of the molecule is C/C=C/COC(=O)C1=CCCCC1C(=O)OC/C=C/C. The zero-order valence-electron chi connectivity index (χ0n) is 12.1. The van der Waals surface area contributed by atoms with Crippen LogP contribution in [0.1, 0.15) is 33.1 Å². The monoisotopic (exact) mass is 278 g/mol. The molecule has 0 N–H and O–H groups in total. The summed E-state index contributed by atoms with van der Waals surface area (Å²) < 4.78 is 10.3. The smallest absolute Gasteiger partial charge is 0.334 e. The van der Waals surface area contributed by atoms with Gasteiger partial charge in [-0.05, 0) is 33.1 Å². The molecule has 4 heteroatoms. The van der Waals surface area contributed by atoms with Gasteiger partial charge < -0.3 is 9.47 Å². The van der Waals surface area contributed by atoms with Gasteiger partial charge in [0.15, 0.2) is 0 Å². The van der Waals surface area contributed by atoms with E-state index < -0.39 is 11.9 Å². The summed E-state index contributed by atoms with van der Waals surface area (Å²) in [4.78, 5) is 24.0. The number of hydrogen-bond donors (Lipinski definition) is 0. The lowest BCUT2D eigenvalue weighted by Gasteiger charge is -2.21. The lowest BCUT2D eigenvalue weighted by Crippen LogP contribution is -2.27. The van der Waals surface area contributed by atoms with E-state index in [1.807, 2.05) is 26.0 Å². The first-order chi connectivity index (χ1) is 9.70. The first-order valence-electron chi connectivity index (χ1n) is 6.96. The van der Waals surface area contributed by atoms with Crippen molar-refractivity contribution in [1.29, 1.82) is 0 Å². The minimum absolute atomic E-state index is 0.229. The fourth-order valence-corrected chi connectivity index (χ4v) is 1.98. The second-order valence-electron chi connectivity index (χ2n) is 4.51. The zero-order chi connectivity index (χ0) is 14.8. The Morgan fingerprint density at radius 3 is 2.50 bits per heavy atom. The van der Waals surface area contributed by atoms with Crippen molar-refractivity contribution in [2.45, 2.75) is 33.1 Å². The lowest BCUT2D eigenvalue weighted by atomic mass is 9.87. The van der Waals surface area contributed by atoms with Gasteiger partial charge in [-0.2, -0.15) is 0 Å². The molecular formula is C16H22O4. The average molecular weight is 278 g/mol. The summed E-state index contributed by atoms with van der Waals surface area (Å²) in [5.41, 5.74) is 0.436. The summed E-state index contributed by atoms with van der Waals surface area (Å²) in [5.74, 6) is -1.26. The van der Waals surface area contributed by atoms with E-state index in [-0.39, 0.29) is 19.2 Å². The van der Waals surface area contributed by atoms with E-state index in [9.17, 15) is 9.59 Å². The minimum atomic E-state index is -0.493. The normalized spacial score (nSPS) is 19.1. The molecule has 0 radical (unpaired) electrons. The van der Waals surface area contributed by atoms with Gasteiger partial charge in [0.1, 0.15) is 13.2 Å². The Morgan fingerprint density at radius 1 is 1.20 bits per heavy atom. The van der Waals surface area contributed by atoms with Crippen molar-refractivity contribution in [2.75, 3.05) is 13.2 Å². The highest BCUT2D eigenvalue weighted by Crippen LogP contribution is 2.27. The number of hydrogen-bond acceptors (Lipinski definition) is 4. The van der Waals surface area contributed by atoms with Crippen LogP contribution in [0.25, 0.3) is 0 Å². The summed E-state index contributed by atoms with van der Waals surface area (Å²) in [6.07, 6.45) is 11.3. The predicted octanol–water partition coefficient (Wildman–Crippen LogP) is 2.95. The van der Waals surface area contributed by atoms with Gasteiger partial charge >= 0.3 is 11.9 Å². The maximum atomic E-state index is 12.0. The van der Waals surface area contributed by atoms with E-state index in [0.29, 0.717) is 12.0 Å². The van der Waals surface area contributed by atoms with Crippen LogP contribution < -0.4 is 0 Å². The largest absolute Gasteiger partial charge is 0.461 e. The van der Waals surface area contributed by atoms with Crippen LogP contribution in [0.15, 0.2) is 36.0 Å². The molecule has 110 valence electrons. The Balaban J connectivity index is 2.63. The molecule has 0 saturated heterocycles. The lowest BCUT2D eigenvalue weighted by molar-refractivity contribution is -0.149. The van der Waals surface area contributed by atoms with E-state index in [0.717, 1.165) is 12.8 Å². The van der Waals surface area contributed by atoms with Gasteiger partial charge in [-0.1, -0.05) is 30.4 Å². The molecular weight excluding hydrogens is 256 g/mol. The van der Waals surface area contributed by atoms with Crippen molar-refractivity contribution in [1.82, 2.24) is 0 Å². The van der Waals surface area contributed by atoms with Crippen LogP contribution in [0.2, 0.25) is 0 Å². The molecule has 1 rings (SSSR count). The third kappa shape index (κ3) is 5.03. The molecule has 4 nitrogen and oxygen atoms in total. The fourth-order valence-electron chi connectivity index (χ4n) is 1.98. The van der Waals surface area contributed by atoms with Gasteiger partial charge in [-0.25, -0.2) is 4.79 Å². The van der Waals surface area contributed by atoms with Crippen LogP contribution in [0.5, 0.6) is 0 Å². The van der Waals surface area contributed by atoms with Crippen LogP contribution in [0.4, 0.5) is 0 Å². The number of allylic oxidation sites excluding steroid dienone is 3. The molecule has 0 amide bonds. The molecule has 0 spiro atoms. The van der Waals surface area contributed by atoms with Crippen molar-refractivity contribution in [2.24, 2.45) is 5.92 Å². The van der Waals surface area contributed by atoms with Gasteiger partial charge in [-0.3, -0.25) is 4.79 Å². The van der Waals surface area contributed by atoms with Gasteiger partial charge in [0.25, 0.3) is 0 Å². The molecule has 0 saturated carbocycles. The Hall–Kier alpha value is -1.84. The molecule has 0 aromatic heterocycles. The molecule has 1 unspecified atom stereocenters. The highest BCUT2D eigenvalue weighted by molar-refractivity contribution is 5.95. The van der Waals surface area contributed by atoms with E-state index in [2.05, 4.69) is 0 Å². The molecule has 1 atom stereocenters. The fraction of sp³-hybridized carbons (Fsp3) is 0.500. The number of carbonyl (C=O) groups excluding carboxylic acids is 2. The highest BCUT2D eigenvalue weighted by Gasteiger charge is 2.31. The Morgan fingerprint density at radius 2 is 1.85 bits per heavy atom. The third-order valence-electron chi connectivity index (χ3n) is 3.06. The first kappa shape index (κ1) is 16.2. The van der Waals surface area contributed by atoms with Crippen LogP contribution >= 0.6 is 0 Å². The Bertz CT molecular complexity index is 418. The van der Waals surface area contributed by atoms with Crippen LogP contribution in [0, 0.1) is 5.92 Å². The third-order valence-corrected chi connectivity index (χ3v) is 3.06. The van der Waals surface area contributed by atoms with E-state index in [1.54, 1.807) is 18.2 Å². The summed E-state index contributed by atoms with van der Waals surface area (Å²) in [7, 11) is 0. The molecule has 0 fully saturated rings. The molecule has 0 aromatic carbocycles. The maximum absolute atomic E-state index is 12.0. The molecule has 1 aliphatic rings. The molecule has 0 aliphatic heterocycles. The Kier molecular flexibility index (Phi) is 7.40. The first-order valence-corrected chi connectivity index (χ1v) is 6.96. The molecule has 1 aliphatic carbocycles. The summed E-state index contributed by atoms with van der Waals surface area (Å²) >= 11 is 0. The minimum Gasteiger partial charge on any atom is -0.461 e. The quantitative estimate of drug-likeness (QED) is 0.553. The standard InChI is InChI=1S/C16H22O4/c1-3-5-11-19-15(17)13-9-7-8-10-14(13)16(18)20-12-6-4-2/h3-6,9,14H,7-8,10-12H2,1-2H3/b5-3+,6-4+. The predicted molar refractivity (Wildman–Crippen MR) is 77.0 cm³/mol. The maximum Gasteiger partial charge on any atom is 0.334 e. The second kappa shape index (κ2) is 9.13. The van der Waals surface area contributed by atoms with E-state index in [1.165, 1.54) is 0 Å². The summed E-state index contributed by atoms with van der Waals surface area (Å²) in [6.45, 7) is 4.19. The Labute approximate surface area is 120 Å². The van der Waals surface area contributed by atoms with Crippen LogP contribution in [-0.2, 0) is 19.1 Å². The van der Waals surface area contributed by atoms with Crippen LogP contribution in [-0.4, -0.2) is 25.2 Å². The highest BCUT2D eigenvalue weighted by atomic mass is 16.5. The van der Waals surface area contributed by atoms with E-state index >= 15 is 0 Å². The zero-order valence-corrected chi connectivity index (χ0v) is 12.1. The van der Waals surface area contributed by atoms with Crippen molar-refractivity contribution in [3.63, 3.8) is 0 Å². The summed E-state index contributed by atoms with van der Waals surface area (Å²) in [6, 6.07) is 0. The molecule has 0 heterocycles. The summed E-state index contributed by atoms with van der Waals surface area (Å²) in [5, 5.41) is 0. The number of rotatable bonds is 6. The van der Waals surface area contributed by atoms with Gasteiger partial charge in [0, 0.05) is 5.57 Å². The van der Waals surface area contributed by atoms with Crippen molar-refractivity contribution in [3.05, 3.63) is 36.0 Å². The molecule has 20 heavy (non-hydrogen) atoms. The topological polar surface area (TPSA) is 52.6 Å². The number of carbonyl (C=O) groups is 2. The van der Waals surface area contributed by atoms with Gasteiger partial charge in [0.2, 0.25) is 0 Å². The molecule has 0 bridgehead atoms. The molecule has 0 aromatic rings. The van der Waals surface area contributed by atoms with Crippen LogP contribution in [0.3, 0.4) is 0 Å². The number of esters is 2. The average Bonchev–Trinajstić information content (AvgIpc) is 2.47. The number of ether oxygens (including phenoxy) is 2.